The molecule has 9 nitrogen and oxygen atoms in total. The SMILES string of the molecule is CC(C)(C)OC(=O)N[C@H]1CN(C(=O)OCc2ccccc2)CCC1N1C(=O)c2ccccc2C1=O. The van der Waals surface area contributed by atoms with E-state index in [1.165, 1.54) is 9.80 Å². The minimum atomic E-state index is -0.738. The van der Waals surface area contributed by atoms with Crippen LogP contribution in [-0.4, -0.2) is 64.6 Å². The maximum absolute atomic E-state index is 13.1. The van der Waals surface area contributed by atoms with Crippen LogP contribution >= 0.6 is 0 Å². The molecule has 0 saturated carbocycles. The lowest BCUT2D eigenvalue weighted by Crippen LogP contribution is -2.62. The molecule has 1 saturated heterocycles. The van der Waals surface area contributed by atoms with E-state index >= 15 is 0 Å². The van der Waals surface area contributed by atoms with Gasteiger partial charge in [-0.2, -0.15) is 0 Å². The molecule has 1 unspecified atom stereocenters. The number of carbonyl (C=O) groups is 4. The topological polar surface area (TPSA) is 105 Å². The minimum Gasteiger partial charge on any atom is -0.445 e. The van der Waals surface area contributed by atoms with Gasteiger partial charge in [0.1, 0.15) is 12.2 Å². The van der Waals surface area contributed by atoms with Crippen molar-refractivity contribution in [3.8, 4) is 0 Å². The number of likely N-dealkylation sites (tertiary alicyclic amines) is 1. The Morgan fingerprint density at radius 3 is 2.17 bits per heavy atom. The molecule has 4 amide bonds. The summed E-state index contributed by atoms with van der Waals surface area (Å²) in [6, 6.07) is 14.6. The smallest absolute Gasteiger partial charge is 0.410 e. The van der Waals surface area contributed by atoms with Crippen LogP contribution in [0.3, 0.4) is 0 Å². The molecular weight excluding hydrogens is 450 g/mol. The summed E-state index contributed by atoms with van der Waals surface area (Å²) in [6.07, 6.45) is -0.943. The maximum atomic E-state index is 13.1. The molecule has 0 radical (unpaired) electrons. The van der Waals surface area contributed by atoms with Crippen LogP contribution in [0.5, 0.6) is 0 Å². The Labute approximate surface area is 204 Å². The first-order valence-corrected chi connectivity index (χ1v) is 11.6. The van der Waals surface area contributed by atoms with Gasteiger partial charge in [0.15, 0.2) is 0 Å². The second-order valence-electron chi connectivity index (χ2n) is 9.62. The number of nitrogens with one attached hydrogen (secondary N) is 1. The summed E-state index contributed by atoms with van der Waals surface area (Å²) in [4.78, 5) is 54.2. The number of hydrogen-bond donors (Lipinski definition) is 1. The molecule has 2 aliphatic heterocycles. The third kappa shape index (κ3) is 5.45. The molecule has 2 atom stereocenters. The van der Waals surface area contributed by atoms with Crippen molar-refractivity contribution in [1.29, 1.82) is 0 Å². The summed E-state index contributed by atoms with van der Waals surface area (Å²) in [5.74, 6) is -0.821. The van der Waals surface area contributed by atoms with Crippen LogP contribution in [0, 0.1) is 0 Å². The van der Waals surface area contributed by atoms with E-state index in [1.807, 2.05) is 30.3 Å². The molecule has 0 spiro atoms. The van der Waals surface area contributed by atoms with Gasteiger partial charge in [-0.1, -0.05) is 42.5 Å². The molecule has 2 aromatic carbocycles. The number of piperidine rings is 1. The van der Waals surface area contributed by atoms with E-state index < -0.39 is 41.7 Å². The fourth-order valence-corrected chi connectivity index (χ4v) is 4.34. The van der Waals surface area contributed by atoms with E-state index in [-0.39, 0.29) is 26.1 Å². The fourth-order valence-electron chi connectivity index (χ4n) is 4.34. The van der Waals surface area contributed by atoms with Crippen LogP contribution in [0.15, 0.2) is 54.6 Å². The van der Waals surface area contributed by atoms with E-state index in [1.54, 1.807) is 45.0 Å². The van der Waals surface area contributed by atoms with Crippen LogP contribution in [0.25, 0.3) is 0 Å². The van der Waals surface area contributed by atoms with Gasteiger partial charge in [0, 0.05) is 13.1 Å². The van der Waals surface area contributed by atoms with Crippen molar-refractivity contribution in [1.82, 2.24) is 15.1 Å². The second kappa shape index (κ2) is 9.77. The first kappa shape index (κ1) is 24.3. The van der Waals surface area contributed by atoms with Crippen molar-refractivity contribution in [3.63, 3.8) is 0 Å². The van der Waals surface area contributed by atoms with Gasteiger partial charge in [-0.05, 0) is 44.9 Å². The average molecular weight is 480 g/mol. The number of rotatable bonds is 4. The molecule has 4 rings (SSSR count). The summed E-state index contributed by atoms with van der Waals surface area (Å²) in [5.41, 5.74) is 0.777. The molecule has 0 bridgehead atoms. The van der Waals surface area contributed by atoms with Crippen molar-refractivity contribution in [3.05, 3.63) is 71.3 Å². The highest BCUT2D eigenvalue weighted by Crippen LogP contribution is 2.29. The van der Waals surface area contributed by atoms with Crippen LogP contribution in [0.2, 0.25) is 0 Å². The van der Waals surface area contributed by atoms with Crippen molar-refractivity contribution < 1.29 is 28.7 Å². The summed E-state index contributed by atoms with van der Waals surface area (Å²) >= 11 is 0. The van der Waals surface area contributed by atoms with Crippen LogP contribution < -0.4 is 5.32 Å². The number of benzene rings is 2. The molecule has 35 heavy (non-hydrogen) atoms. The van der Waals surface area contributed by atoms with E-state index in [2.05, 4.69) is 5.32 Å². The number of amides is 4. The quantitative estimate of drug-likeness (QED) is 0.672. The highest BCUT2D eigenvalue weighted by Gasteiger charge is 2.46. The lowest BCUT2D eigenvalue weighted by molar-refractivity contribution is 0.0269. The summed E-state index contributed by atoms with van der Waals surface area (Å²) < 4.78 is 10.8. The van der Waals surface area contributed by atoms with Gasteiger partial charge in [0.25, 0.3) is 11.8 Å². The monoisotopic (exact) mass is 479 g/mol. The van der Waals surface area contributed by atoms with E-state index in [4.69, 9.17) is 9.47 Å². The second-order valence-corrected chi connectivity index (χ2v) is 9.62. The number of nitrogens with zero attached hydrogens (tertiary/aromatic N) is 2. The number of imide groups is 1. The highest BCUT2D eigenvalue weighted by atomic mass is 16.6. The average Bonchev–Trinajstić information content (AvgIpc) is 3.07. The van der Waals surface area contributed by atoms with E-state index in [9.17, 15) is 19.2 Å². The van der Waals surface area contributed by atoms with E-state index in [0.29, 0.717) is 11.1 Å². The summed E-state index contributed by atoms with van der Waals surface area (Å²) in [6.45, 7) is 5.65. The molecule has 0 aliphatic carbocycles. The largest absolute Gasteiger partial charge is 0.445 e. The number of ether oxygens (including phenoxy) is 2. The van der Waals surface area contributed by atoms with Crippen molar-refractivity contribution in [2.45, 2.75) is 51.5 Å². The van der Waals surface area contributed by atoms with Crippen LogP contribution in [0.4, 0.5) is 9.59 Å². The standard InChI is InChI=1S/C26H29N3O6/c1-26(2,3)35-24(32)27-20-15-28(25(33)34-16-17-9-5-4-6-10-17)14-13-21(20)29-22(30)18-11-7-8-12-19(18)23(29)31/h4-12,20-21H,13-16H2,1-3H3,(H,27,32)/t20-,21?/m0/s1. The lowest BCUT2D eigenvalue weighted by Gasteiger charge is -2.41. The van der Waals surface area contributed by atoms with Crippen LogP contribution in [-0.2, 0) is 16.1 Å². The molecule has 1 fully saturated rings. The maximum Gasteiger partial charge on any atom is 0.410 e. The van der Waals surface area contributed by atoms with Gasteiger partial charge >= 0.3 is 12.2 Å². The van der Waals surface area contributed by atoms with Gasteiger partial charge in [0.05, 0.1) is 23.2 Å². The molecule has 0 aromatic heterocycles. The Morgan fingerprint density at radius 1 is 0.971 bits per heavy atom. The highest BCUT2D eigenvalue weighted by molar-refractivity contribution is 6.21. The van der Waals surface area contributed by atoms with Crippen LogP contribution in [0.1, 0.15) is 53.5 Å². The molecule has 2 aromatic rings. The van der Waals surface area contributed by atoms with Gasteiger partial charge < -0.3 is 19.7 Å². The molecule has 1 N–H and O–H groups in total. The van der Waals surface area contributed by atoms with Crippen molar-refractivity contribution >= 4 is 24.0 Å². The number of fused-ring (bicyclic) bond motifs is 1. The molecule has 2 aliphatic rings. The predicted molar refractivity (Wildman–Crippen MR) is 127 cm³/mol. The fraction of sp³-hybridized carbons (Fsp3) is 0.385. The van der Waals surface area contributed by atoms with Crippen molar-refractivity contribution in [2.24, 2.45) is 0 Å². The Hall–Kier alpha value is -3.88. The number of hydrogen-bond acceptors (Lipinski definition) is 6. The van der Waals surface area contributed by atoms with Gasteiger partial charge in [-0.15, -0.1) is 0 Å². The molecule has 9 heteroatoms. The number of carbonyl (C=O) groups excluding carboxylic acids is 4. The summed E-state index contributed by atoms with van der Waals surface area (Å²) in [5, 5.41) is 2.77. The third-order valence-corrected chi connectivity index (χ3v) is 5.90. The van der Waals surface area contributed by atoms with Gasteiger partial charge in [0.2, 0.25) is 0 Å². The Balaban J connectivity index is 1.51. The Bertz CT molecular complexity index is 1090. The Kier molecular flexibility index (Phi) is 6.77. The normalized spacial score (nSPS) is 19.9. The summed E-state index contributed by atoms with van der Waals surface area (Å²) in [7, 11) is 0. The van der Waals surface area contributed by atoms with Crippen molar-refractivity contribution in [2.75, 3.05) is 13.1 Å². The predicted octanol–water partition coefficient (Wildman–Crippen LogP) is 3.59. The molecule has 2 heterocycles. The Morgan fingerprint density at radius 2 is 1.57 bits per heavy atom. The van der Waals surface area contributed by atoms with Gasteiger partial charge in [-0.3, -0.25) is 14.5 Å². The molecule has 184 valence electrons. The first-order valence-electron chi connectivity index (χ1n) is 11.6. The molecular formula is C26H29N3O6. The van der Waals surface area contributed by atoms with Gasteiger partial charge in [-0.25, -0.2) is 9.59 Å². The zero-order chi connectivity index (χ0) is 25.2. The van der Waals surface area contributed by atoms with E-state index in [0.717, 1.165) is 5.56 Å². The number of alkyl carbamates (subject to hydrolysis) is 1. The zero-order valence-corrected chi connectivity index (χ0v) is 20.0. The lowest BCUT2D eigenvalue weighted by atomic mass is 9.97. The minimum absolute atomic E-state index is 0.0605. The third-order valence-electron chi connectivity index (χ3n) is 5.90. The first-order chi connectivity index (χ1) is 16.6. The zero-order valence-electron chi connectivity index (χ0n) is 20.0.